The number of nitrogens with one attached hydrogen (secondary N) is 1. The van der Waals surface area contributed by atoms with Crippen molar-refractivity contribution in [1.29, 1.82) is 0 Å². The van der Waals surface area contributed by atoms with Crippen molar-refractivity contribution in [2.45, 2.75) is 39.2 Å². The zero-order valence-corrected chi connectivity index (χ0v) is 16.1. The van der Waals surface area contributed by atoms with Crippen molar-refractivity contribution in [2.24, 2.45) is 0 Å². The lowest BCUT2D eigenvalue weighted by Gasteiger charge is -2.34. The quantitative estimate of drug-likeness (QED) is 0.709. The first-order valence-electron chi connectivity index (χ1n) is 9.63. The molecule has 0 unspecified atom stereocenters. The third-order valence-corrected chi connectivity index (χ3v) is 5.28. The lowest BCUT2D eigenvalue weighted by atomic mass is 10.0. The second kappa shape index (κ2) is 7.54. The van der Waals surface area contributed by atoms with E-state index in [0.717, 1.165) is 36.9 Å². The highest BCUT2D eigenvalue weighted by Crippen LogP contribution is 2.31. The number of hydrogen-bond donors (Lipinski definition) is 1. The Morgan fingerprint density at radius 2 is 1.96 bits per heavy atom. The van der Waals surface area contributed by atoms with Crippen LogP contribution in [-0.2, 0) is 0 Å². The first kappa shape index (κ1) is 18.3. The summed E-state index contributed by atoms with van der Waals surface area (Å²) in [5.74, 6) is -0.340. The van der Waals surface area contributed by atoms with Crippen molar-refractivity contribution < 1.29 is 9.18 Å². The van der Waals surface area contributed by atoms with Crippen LogP contribution in [0.2, 0.25) is 0 Å². The topological polar surface area (TPSA) is 58.1 Å². The monoisotopic (exact) mass is 378 g/mol. The molecule has 2 aromatic heterocycles. The number of anilines is 2. The number of likely N-dealkylation sites (tertiary alicyclic amines) is 1. The first-order chi connectivity index (χ1) is 13.5. The molecule has 1 aliphatic rings. The van der Waals surface area contributed by atoms with Crippen molar-refractivity contribution in [3.05, 3.63) is 59.7 Å². The van der Waals surface area contributed by atoms with Crippen molar-refractivity contribution in [1.82, 2.24) is 14.9 Å². The predicted octanol–water partition coefficient (Wildman–Crippen LogP) is 4.84. The molecular weight excluding hydrogens is 355 g/mol. The van der Waals surface area contributed by atoms with E-state index in [4.69, 9.17) is 0 Å². The Hall–Kier alpha value is -3.02. The fourth-order valence-corrected chi connectivity index (χ4v) is 3.70. The van der Waals surface area contributed by atoms with E-state index in [-0.39, 0.29) is 17.8 Å². The van der Waals surface area contributed by atoms with Crippen molar-refractivity contribution in [3.63, 3.8) is 0 Å². The molecule has 0 bridgehead atoms. The SMILES string of the molecule is Cc1ccc2c(Nc3ccc(F)cc3)c(C(=O)N3CCCC[C@H]3C)cnc2n1. The number of benzene rings is 1. The van der Waals surface area contributed by atoms with Crippen molar-refractivity contribution in [2.75, 3.05) is 11.9 Å². The van der Waals surface area contributed by atoms with Crippen LogP contribution >= 0.6 is 0 Å². The summed E-state index contributed by atoms with van der Waals surface area (Å²) in [6.45, 7) is 4.74. The van der Waals surface area contributed by atoms with Gasteiger partial charge in [-0.25, -0.2) is 14.4 Å². The number of piperidine rings is 1. The van der Waals surface area contributed by atoms with Gasteiger partial charge < -0.3 is 10.2 Å². The van der Waals surface area contributed by atoms with Gasteiger partial charge >= 0.3 is 0 Å². The molecular formula is C22H23FN4O. The molecule has 144 valence electrons. The molecule has 0 spiro atoms. The maximum atomic E-state index is 13.4. The van der Waals surface area contributed by atoms with Crippen LogP contribution < -0.4 is 5.32 Å². The lowest BCUT2D eigenvalue weighted by molar-refractivity contribution is 0.0636. The maximum Gasteiger partial charge on any atom is 0.257 e. The van der Waals surface area contributed by atoms with Gasteiger partial charge in [-0.15, -0.1) is 0 Å². The third kappa shape index (κ3) is 3.54. The Bertz CT molecular complexity index is 1020. The van der Waals surface area contributed by atoms with Gasteiger partial charge in [0.25, 0.3) is 5.91 Å². The first-order valence-corrected chi connectivity index (χ1v) is 9.63. The summed E-state index contributed by atoms with van der Waals surface area (Å²) in [4.78, 5) is 24.2. The molecule has 28 heavy (non-hydrogen) atoms. The van der Waals surface area contributed by atoms with E-state index < -0.39 is 0 Å². The summed E-state index contributed by atoms with van der Waals surface area (Å²) < 4.78 is 13.3. The number of aromatic nitrogens is 2. The molecule has 4 rings (SSSR count). The van der Waals surface area contributed by atoms with Gasteiger partial charge in [-0.1, -0.05) is 0 Å². The Kier molecular flexibility index (Phi) is 4.94. The van der Waals surface area contributed by atoms with Crippen LogP contribution in [0.25, 0.3) is 11.0 Å². The Morgan fingerprint density at radius 3 is 2.71 bits per heavy atom. The number of pyridine rings is 2. The summed E-state index contributed by atoms with van der Waals surface area (Å²) >= 11 is 0. The van der Waals surface area contributed by atoms with Gasteiger partial charge in [-0.2, -0.15) is 0 Å². The van der Waals surface area contributed by atoms with Crippen LogP contribution in [0.3, 0.4) is 0 Å². The zero-order valence-electron chi connectivity index (χ0n) is 16.1. The highest BCUT2D eigenvalue weighted by molar-refractivity contribution is 6.07. The van der Waals surface area contributed by atoms with Crippen molar-refractivity contribution in [3.8, 4) is 0 Å². The van der Waals surface area contributed by atoms with E-state index in [9.17, 15) is 9.18 Å². The number of hydrogen-bond acceptors (Lipinski definition) is 4. The van der Waals surface area contributed by atoms with Crippen LogP contribution in [0.15, 0.2) is 42.6 Å². The van der Waals surface area contributed by atoms with Crippen LogP contribution in [0.4, 0.5) is 15.8 Å². The van der Waals surface area contributed by atoms with E-state index >= 15 is 0 Å². The number of nitrogens with zero attached hydrogens (tertiary/aromatic N) is 3. The molecule has 0 saturated carbocycles. The molecule has 5 nitrogen and oxygen atoms in total. The molecule has 0 aliphatic carbocycles. The molecule has 1 saturated heterocycles. The smallest absolute Gasteiger partial charge is 0.257 e. The number of amides is 1. The van der Waals surface area contributed by atoms with Crippen LogP contribution in [0.1, 0.15) is 42.2 Å². The highest BCUT2D eigenvalue weighted by atomic mass is 19.1. The molecule has 1 N–H and O–H groups in total. The van der Waals surface area contributed by atoms with Crippen LogP contribution in [0, 0.1) is 12.7 Å². The van der Waals surface area contributed by atoms with Gasteiger partial charge in [0, 0.05) is 35.6 Å². The van der Waals surface area contributed by atoms with E-state index in [1.165, 1.54) is 12.1 Å². The molecule has 3 aromatic rings. The molecule has 3 heterocycles. The van der Waals surface area contributed by atoms with E-state index in [2.05, 4.69) is 22.2 Å². The summed E-state index contributed by atoms with van der Waals surface area (Å²) in [5, 5.41) is 4.07. The number of halogens is 1. The largest absolute Gasteiger partial charge is 0.354 e. The minimum Gasteiger partial charge on any atom is -0.354 e. The second-order valence-electron chi connectivity index (χ2n) is 7.35. The highest BCUT2D eigenvalue weighted by Gasteiger charge is 2.27. The number of fused-ring (bicyclic) bond motifs is 1. The average Bonchev–Trinajstić information content (AvgIpc) is 2.69. The van der Waals surface area contributed by atoms with Gasteiger partial charge in [0.15, 0.2) is 5.65 Å². The zero-order chi connectivity index (χ0) is 19.7. The van der Waals surface area contributed by atoms with Gasteiger partial charge in [-0.3, -0.25) is 4.79 Å². The maximum absolute atomic E-state index is 13.4. The fraction of sp³-hybridized carbons (Fsp3) is 0.318. The molecule has 1 fully saturated rings. The molecule has 1 aromatic carbocycles. The summed E-state index contributed by atoms with van der Waals surface area (Å²) in [7, 11) is 0. The number of carbonyl (C=O) groups excluding carboxylic acids is 1. The molecule has 1 aliphatic heterocycles. The summed E-state index contributed by atoms with van der Waals surface area (Å²) in [5.41, 5.74) is 3.31. The minimum atomic E-state index is -0.305. The minimum absolute atomic E-state index is 0.0354. The second-order valence-corrected chi connectivity index (χ2v) is 7.35. The Labute approximate surface area is 163 Å². The number of carbonyl (C=O) groups is 1. The number of rotatable bonds is 3. The molecule has 6 heteroatoms. The molecule has 0 radical (unpaired) electrons. The lowest BCUT2D eigenvalue weighted by Crippen LogP contribution is -2.42. The molecule has 1 atom stereocenters. The Morgan fingerprint density at radius 1 is 1.18 bits per heavy atom. The van der Waals surface area contributed by atoms with Crippen molar-refractivity contribution >= 4 is 28.3 Å². The average molecular weight is 378 g/mol. The van der Waals surface area contributed by atoms with E-state index in [0.29, 0.717) is 22.6 Å². The standard InChI is InChI=1S/C22H23FN4O/c1-14-6-11-18-20(26-17-9-7-16(23)8-10-17)19(13-24-21(18)25-14)22(28)27-12-4-3-5-15(27)2/h6-11,13,15H,3-5,12H2,1-2H3,(H,24,25,26)/t15-/m1/s1. The van der Waals surface area contributed by atoms with E-state index in [1.807, 2.05) is 24.0 Å². The number of aryl methyl sites for hydroxylation is 1. The van der Waals surface area contributed by atoms with Gasteiger partial charge in [0.05, 0.1) is 11.3 Å². The Balaban J connectivity index is 1.81. The van der Waals surface area contributed by atoms with Crippen LogP contribution in [0.5, 0.6) is 0 Å². The van der Waals surface area contributed by atoms with E-state index in [1.54, 1.807) is 18.3 Å². The predicted molar refractivity (Wildman–Crippen MR) is 108 cm³/mol. The van der Waals surface area contributed by atoms with Gasteiger partial charge in [0.1, 0.15) is 5.82 Å². The van der Waals surface area contributed by atoms with Crippen LogP contribution in [-0.4, -0.2) is 33.4 Å². The fourth-order valence-electron chi connectivity index (χ4n) is 3.70. The summed E-state index contributed by atoms with van der Waals surface area (Å²) in [6, 6.07) is 10.1. The summed E-state index contributed by atoms with van der Waals surface area (Å²) in [6.07, 6.45) is 4.77. The normalized spacial score (nSPS) is 17.0. The third-order valence-electron chi connectivity index (χ3n) is 5.28. The van der Waals surface area contributed by atoms with Gasteiger partial charge in [-0.05, 0) is 69.5 Å². The molecule has 1 amide bonds. The van der Waals surface area contributed by atoms with Gasteiger partial charge in [0.2, 0.25) is 0 Å².